The van der Waals surface area contributed by atoms with Crippen molar-refractivity contribution in [3.05, 3.63) is 16.6 Å². The standard InChI is InChI=1S/C8H9NO3S/c10-6(7(11)12)8(1-2-8)5-3-9-4-13-5/h3-4,6,10H,1-2H2,(H,11,12). The molecular formula is C8H9NO3S. The van der Waals surface area contributed by atoms with E-state index in [0.29, 0.717) is 0 Å². The zero-order chi connectivity index (χ0) is 9.47. The second-order valence-electron chi connectivity index (χ2n) is 3.26. The van der Waals surface area contributed by atoms with Gasteiger partial charge in [0.1, 0.15) is 0 Å². The number of carboxylic acids is 1. The fourth-order valence-electron chi connectivity index (χ4n) is 1.49. The van der Waals surface area contributed by atoms with E-state index in [0.717, 1.165) is 17.7 Å². The number of hydrogen-bond acceptors (Lipinski definition) is 4. The van der Waals surface area contributed by atoms with Crippen molar-refractivity contribution in [2.24, 2.45) is 0 Å². The van der Waals surface area contributed by atoms with Crippen molar-refractivity contribution < 1.29 is 15.0 Å². The summed E-state index contributed by atoms with van der Waals surface area (Å²) in [5.74, 6) is -1.15. The van der Waals surface area contributed by atoms with Gasteiger partial charge in [0.2, 0.25) is 0 Å². The highest BCUT2D eigenvalue weighted by Gasteiger charge is 2.54. The quantitative estimate of drug-likeness (QED) is 0.748. The van der Waals surface area contributed by atoms with Crippen LogP contribution in [-0.4, -0.2) is 27.3 Å². The summed E-state index contributed by atoms with van der Waals surface area (Å²) < 4.78 is 0. The van der Waals surface area contributed by atoms with Crippen LogP contribution in [0, 0.1) is 0 Å². The number of hydrogen-bond donors (Lipinski definition) is 2. The van der Waals surface area contributed by atoms with Crippen LogP contribution in [0.5, 0.6) is 0 Å². The van der Waals surface area contributed by atoms with Crippen molar-refractivity contribution in [3.63, 3.8) is 0 Å². The smallest absolute Gasteiger partial charge is 0.333 e. The van der Waals surface area contributed by atoms with Gasteiger partial charge in [-0.25, -0.2) is 4.79 Å². The third kappa shape index (κ3) is 1.24. The Morgan fingerprint density at radius 1 is 1.69 bits per heavy atom. The van der Waals surface area contributed by atoms with Crippen LogP contribution in [-0.2, 0) is 10.2 Å². The van der Waals surface area contributed by atoms with Crippen molar-refractivity contribution in [2.75, 3.05) is 0 Å². The minimum atomic E-state index is -1.28. The molecule has 1 saturated carbocycles. The molecule has 0 radical (unpaired) electrons. The number of aromatic nitrogens is 1. The molecule has 1 aliphatic carbocycles. The molecule has 0 saturated heterocycles. The van der Waals surface area contributed by atoms with Crippen LogP contribution in [0.15, 0.2) is 11.7 Å². The van der Waals surface area contributed by atoms with E-state index < -0.39 is 17.5 Å². The van der Waals surface area contributed by atoms with Gasteiger partial charge in [-0.3, -0.25) is 4.98 Å². The van der Waals surface area contributed by atoms with Crippen molar-refractivity contribution >= 4 is 17.3 Å². The monoisotopic (exact) mass is 199 g/mol. The number of rotatable bonds is 3. The maximum absolute atomic E-state index is 10.6. The number of nitrogens with zero attached hydrogens (tertiary/aromatic N) is 1. The van der Waals surface area contributed by atoms with Crippen molar-refractivity contribution in [1.29, 1.82) is 0 Å². The van der Waals surface area contributed by atoms with Crippen LogP contribution < -0.4 is 0 Å². The van der Waals surface area contributed by atoms with Crippen molar-refractivity contribution in [1.82, 2.24) is 4.98 Å². The summed E-state index contributed by atoms with van der Waals surface area (Å²) >= 11 is 1.40. The van der Waals surface area contributed by atoms with E-state index in [2.05, 4.69) is 4.98 Å². The summed E-state index contributed by atoms with van der Waals surface area (Å²) in [5.41, 5.74) is 1.12. The van der Waals surface area contributed by atoms with Gasteiger partial charge in [0.15, 0.2) is 6.10 Å². The van der Waals surface area contributed by atoms with Gasteiger partial charge in [0, 0.05) is 16.5 Å². The van der Waals surface area contributed by atoms with Crippen LogP contribution in [0.2, 0.25) is 0 Å². The van der Waals surface area contributed by atoms with Crippen molar-refractivity contribution in [2.45, 2.75) is 24.4 Å². The molecule has 1 aromatic rings. The Bertz CT molecular complexity index is 318. The van der Waals surface area contributed by atoms with Gasteiger partial charge in [0.05, 0.1) is 5.51 Å². The predicted molar refractivity (Wildman–Crippen MR) is 46.7 cm³/mol. The van der Waals surface area contributed by atoms with E-state index in [-0.39, 0.29) is 0 Å². The summed E-state index contributed by atoms with van der Waals surface area (Å²) in [4.78, 5) is 15.4. The molecule has 0 bridgehead atoms. The molecule has 0 amide bonds. The third-order valence-electron chi connectivity index (χ3n) is 2.47. The summed E-state index contributed by atoms with van der Waals surface area (Å²) in [6, 6.07) is 0. The molecule has 0 aliphatic heterocycles. The van der Waals surface area contributed by atoms with E-state index in [9.17, 15) is 9.90 Å². The fraction of sp³-hybridized carbons (Fsp3) is 0.500. The topological polar surface area (TPSA) is 70.4 Å². The second kappa shape index (κ2) is 2.78. The molecule has 4 nitrogen and oxygen atoms in total. The molecule has 1 unspecified atom stereocenters. The number of thiazole rings is 1. The molecule has 2 rings (SSSR count). The molecule has 13 heavy (non-hydrogen) atoms. The van der Waals surface area contributed by atoms with Crippen LogP contribution in [0.3, 0.4) is 0 Å². The molecule has 2 N–H and O–H groups in total. The number of aliphatic carboxylic acids is 1. The Hall–Kier alpha value is -0.940. The van der Waals surface area contributed by atoms with Gasteiger partial charge in [0.25, 0.3) is 0 Å². The fourth-order valence-corrected chi connectivity index (χ4v) is 2.39. The zero-order valence-electron chi connectivity index (χ0n) is 6.80. The Kier molecular flexibility index (Phi) is 1.85. The molecular weight excluding hydrogens is 190 g/mol. The average Bonchev–Trinajstić information content (AvgIpc) is 2.72. The van der Waals surface area contributed by atoms with E-state index >= 15 is 0 Å². The lowest BCUT2D eigenvalue weighted by Gasteiger charge is -2.15. The lowest BCUT2D eigenvalue weighted by Crippen LogP contribution is -2.33. The minimum absolute atomic E-state index is 0.535. The maximum Gasteiger partial charge on any atom is 0.333 e. The van der Waals surface area contributed by atoms with E-state index in [1.807, 2.05) is 0 Å². The van der Waals surface area contributed by atoms with E-state index in [1.54, 1.807) is 11.7 Å². The highest BCUT2D eigenvalue weighted by atomic mass is 32.1. The normalized spacial score (nSPS) is 21.0. The highest BCUT2D eigenvalue weighted by Crippen LogP contribution is 2.52. The van der Waals surface area contributed by atoms with Crippen LogP contribution in [0.4, 0.5) is 0 Å². The Morgan fingerprint density at radius 3 is 2.77 bits per heavy atom. The second-order valence-corrected chi connectivity index (χ2v) is 4.15. The predicted octanol–water partition coefficient (Wildman–Crippen LogP) is 0.620. The molecule has 1 aliphatic rings. The summed E-state index contributed by atoms with van der Waals surface area (Å²) in [6.07, 6.45) is 1.84. The van der Waals surface area contributed by atoms with E-state index in [4.69, 9.17) is 5.11 Å². The number of carbonyl (C=O) groups is 1. The first-order valence-electron chi connectivity index (χ1n) is 3.97. The SMILES string of the molecule is O=C(O)C(O)C1(c2cncs2)CC1. The minimum Gasteiger partial charge on any atom is -0.479 e. The zero-order valence-corrected chi connectivity index (χ0v) is 7.62. The van der Waals surface area contributed by atoms with Gasteiger partial charge in [-0.2, -0.15) is 0 Å². The van der Waals surface area contributed by atoms with Crippen LogP contribution >= 0.6 is 11.3 Å². The molecule has 0 aromatic carbocycles. The molecule has 5 heteroatoms. The molecule has 1 atom stereocenters. The summed E-state index contributed by atoms with van der Waals surface area (Å²) in [7, 11) is 0. The van der Waals surface area contributed by atoms with Gasteiger partial charge >= 0.3 is 5.97 Å². The van der Waals surface area contributed by atoms with Gasteiger partial charge in [-0.1, -0.05) is 0 Å². The van der Waals surface area contributed by atoms with Gasteiger partial charge in [-0.15, -0.1) is 11.3 Å². The molecule has 0 spiro atoms. The summed E-state index contributed by atoms with van der Waals surface area (Å²) in [6.45, 7) is 0. The first kappa shape index (κ1) is 8.65. The number of carboxylic acid groups (broad SMARTS) is 1. The Balaban J connectivity index is 2.27. The lowest BCUT2D eigenvalue weighted by molar-refractivity contribution is -0.148. The van der Waals surface area contributed by atoms with E-state index in [1.165, 1.54) is 11.3 Å². The first-order chi connectivity index (χ1) is 6.17. The van der Waals surface area contributed by atoms with Gasteiger partial charge < -0.3 is 10.2 Å². The molecule has 70 valence electrons. The Morgan fingerprint density at radius 2 is 2.38 bits per heavy atom. The van der Waals surface area contributed by atoms with Crippen molar-refractivity contribution in [3.8, 4) is 0 Å². The third-order valence-corrected chi connectivity index (χ3v) is 3.46. The van der Waals surface area contributed by atoms with Crippen LogP contribution in [0.1, 0.15) is 17.7 Å². The number of aliphatic hydroxyl groups is 1. The number of aliphatic hydroxyl groups excluding tert-OH is 1. The largest absolute Gasteiger partial charge is 0.479 e. The lowest BCUT2D eigenvalue weighted by atomic mass is 9.98. The average molecular weight is 199 g/mol. The molecule has 1 aromatic heterocycles. The maximum atomic E-state index is 10.6. The Labute approximate surface area is 78.9 Å². The molecule has 1 fully saturated rings. The molecule has 1 heterocycles. The first-order valence-corrected chi connectivity index (χ1v) is 4.84. The summed E-state index contributed by atoms with van der Waals surface area (Å²) in [5, 5.41) is 18.2. The highest BCUT2D eigenvalue weighted by molar-refractivity contribution is 7.09. The van der Waals surface area contributed by atoms with Gasteiger partial charge in [-0.05, 0) is 12.8 Å². The van der Waals surface area contributed by atoms with Crippen LogP contribution in [0.25, 0.3) is 0 Å².